The van der Waals surface area contributed by atoms with E-state index >= 15 is 4.79 Å². The number of esters is 2. The van der Waals surface area contributed by atoms with Gasteiger partial charge >= 0.3 is 11.9 Å². The molecule has 5 aromatic carbocycles. The van der Waals surface area contributed by atoms with Crippen molar-refractivity contribution in [2.75, 3.05) is 14.2 Å². The van der Waals surface area contributed by atoms with Crippen LogP contribution in [0.25, 0.3) is 21.5 Å². The molecular weight excluding hydrogens is 596 g/mol. The topological polar surface area (TPSA) is 69.7 Å². The zero-order valence-corrected chi connectivity index (χ0v) is 26.6. The first-order chi connectivity index (χ1) is 23.5. The molecule has 0 spiro atoms. The summed E-state index contributed by atoms with van der Waals surface area (Å²) in [7, 11) is 2.73. The van der Waals surface area contributed by atoms with E-state index in [0.29, 0.717) is 11.1 Å². The van der Waals surface area contributed by atoms with Gasteiger partial charge in [0.2, 0.25) is 0 Å². The molecule has 0 heterocycles. The molecule has 4 bridgehead atoms. The highest BCUT2D eigenvalue weighted by Gasteiger charge is 2.85. The predicted molar refractivity (Wildman–Crippen MR) is 182 cm³/mol. The number of ether oxygens (including phenoxy) is 2. The molecule has 2 fully saturated rings. The van der Waals surface area contributed by atoms with Crippen LogP contribution in [0, 0.1) is 35.5 Å². The average molecular weight is 629 g/mol. The number of ketones is 1. The van der Waals surface area contributed by atoms with Crippen molar-refractivity contribution in [1.29, 1.82) is 0 Å². The van der Waals surface area contributed by atoms with Gasteiger partial charge in [0.25, 0.3) is 0 Å². The van der Waals surface area contributed by atoms with Crippen molar-refractivity contribution < 1.29 is 23.9 Å². The molecule has 234 valence electrons. The number of rotatable bonds is 4. The van der Waals surface area contributed by atoms with Crippen LogP contribution in [0.2, 0.25) is 0 Å². The number of fused-ring (bicyclic) bond motifs is 13. The molecule has 5 nitrogen and oxygen atoms in total. The number of hydrogen-bond donors (Lipinski definition) is 0. The minimum atomic E-state index is -0.972. The Bertz CT molecular complexity index is 2160. The molecular formula is C43H32O5. The van der Waals surface area contributed by atoms with Gasteiger partial charge in [-0.05, 0) is 67.5 Å². The summed E-state index contributed by atoms with van der Waals surface area (Å²) in [6.07, 6.45) is 4.18. The molecule has 0 aromatic heterocycles. The van der Waals surface area contributed by atoms with E-state index in [1.165, 1.54) is 14.2 Å². The van der Waals surface area contributed by atoms with Crippen LogP contribution in [0.4, 0.5) is 0 Å². The predicted octanol–water partition coefficient (Wildman–Crippen LogP) is 7.10. The minimum Gasteiger partial charge on any atom is -0.466 e. The molecule has 0 amide bonds. The molecule has 11 rings (SSSR count). The molecule has 0 saturated heterocycles. The highest BCUT2D eigenvalue weighted by molar-refractivity contribution is 6.23. The van der Waals surface area contributed by atoms with Crippen LogP contribution in [0.15, 0.2) is 132 Å². The van der Waals surface area contributed by atoms with Gasteiger partial charge in [0.15, 0.2) is 5.78 Å². The molecule has 6 aliphatic rings. The zero-order chi connectivity index (χ0) is 32.5. The number of benzene rings is 5. The van der Waals surface area contributed by atoms with Crippen LogP contribution in [-0.2, 0) is 34.7 Å². The van der Waals surface area contributed by atoms with Gasteiger partial charge in [-0.25, -0.2) is 9.59 Å². The molecule has 5 aromatic rings. The van der Waals surface area contributed by atoms with Gasteiger partial charge in [0.1, 0.15) is 0 Å². The van der Waals surface area contributed by atoms with Gasteiger partial charge in [-0.3, -0.25) is 4.79 Å². The summed E-state index contributed by atoms with van der Waals surface area (Å²) in [6, 6.07) is 37.7. The number of carbonyl (C=O) groups excluding carboxylic acids is 3. The Morgan fingerprint density at radius 1 is 0.521 bits per heavy atom. The number of Topliss-reactive ketones (excluding diaryl/α,β-unsaturated/α-hetero) is 1. The van der Waals surface area contributed by atoms with Crippen LogP contribution >= 0.6 is 0 Å². The first-order valence-electron chi connectivity index (χ1n) is 16.7. The Morgan fingerprint density at radius 2 is 0.875 bits per heavy atom. The van der Waals surface area contributed by atoms with Crippen molar-refractivity contribution in [2.24, 2.45) is 35.5 Å². The first-order valence-corrected chi connectivity index (χ1v) is 16.7. The lowest BCUT2D eigenvalue weighted by Crippen LogP contribution is -2.65. The number of hydrogen-bond acceptors (Lipinski definition) is 5. The van der Waals surface area contributed by atoms with Gasteiger partial charge in [-0.15, -0.1) is 0 Å². The van der Waals surface area contributed by atoms with Crippen LogP contribution in [0.3, 0.4) is 0 Å². The van der Waals surface area contributed by atoms with Crippen molar-refractivity contribution in [1.82, 2.24) is 0 Å². The van der Waals surface area contributed by atoms with Crippen molar-refractivity contribution in [2.45, 2.75) is 10.8 Å². The summed E-state index contributed by atoms with van der Waals surface area (Å²) in [6.45, 7) is 0. The first kappa shape index (κ1) is 27.8. The van der Waals surface area contributed by atoms with Crippen LogP contribution < -0.4 is 0 Å². The number of carbonyl (C=O) groups is 3. The summed E-state index contributed by atoms with van der Waals surface area (Å²) < 4.78 is 10.6. The molecule has 0 N–H and O–H groups in total. The largest absolute Gasteiger partial charge is 0.466 e. The lowest BCUT2D eigenvalue weighted by Gasteiger charge is -2.66. The lowest BCUT2D eigenvalue weighted by molar-refractivity contribution is -0.147. The molecule has 0 unspecified atom stereocenters. The normalized spacial score (nSPS) is 31.8. The van der Waals surface area contributed by atoms with Gasteiger partial charge in [0, 0.05) is 11.8 Å². The maximum Gasteiger partial charge on any atom is 0.334 e. The summed E-state index contributed by atoms with van der Waals surface area (Å²) >= 11 is 0. The average Bonchev–Trinajstić information content (AvgIpc) is 3.49. The standard InChI is InChI=1S/C43H32O5/c1-47-39(44)33-29-21-22-30(34(33)40(45)48-2)32-31(29)37-38(32)43(24-15-7-4-8-16-24)36-28-20-12-10-18-26(28)25-17-9-11-19-27(25)35(36)42(37,41(43)46)23-13-5-3-6-14-23/h3-22,29-32,37-38H,1-2H3/t29-,30-,31+,32+,37-,38+,42-,43-/m0/s1. The second kappa shape index (κ2) is 9.41. The number of methoxy groups -OCH3 is 2. The highest BCUT2D eigenvalue weighted by Crippen LogP contribution is 2.82. The Morgan fingerprint density at radius 3 is 1.25 bits per heavy atom. The van der Waals surface area contributed by atoms with Crippen LogP contribution in [0.5, 0.6) is 0 Å². The van der Waals surface area contributed by atoms with E-state index in [2.05, 4.69) is 84.9 Å². The summed E-state index contributed by atoms with van der Waals surface area (Å²) in [5, 5.41) is 4.45. The Hall–Kier alpha value is -5.29. The van der Waals surface area contributed by atoms with Crippen molar-refractivity contribution >= 4 is 39.3 Å². The minimum absolute atomic E-state index is 0.0550. The SMILES string of the molecule is COC(=O)C1=C(C(=O)OC)[C@H]2C=C[C@H]1[C@@H]1[C@@H]2[C@H]2[C@@H]1[C@@]1(c3ccccc3)C(=O)[C@@]2(c2ccccc2)c2c1c1ccccc1c1ccccc21. The highest BCUT2D eigenvalue weighted by atomic mass is 16.5. The van der Waals surface area contributed by atoms with E-state index in [1.807, 2.05) is 36.4 Å². The second-order valence-corrected chi connectivity index (χ2v) is 14.0. The fraction of sp³-hybridized carbons (Fsp3) is 0.233. The smallest absolute Gasteiger partial charge is 0.334 e. The van der Waals surface area contributed by atoms with E-state index in [9.17, 15) is 9.59 Å². The monoisotopic (exact) mass is 628 g/mol. The summed E-state index contributed by atoms with van der Waals surface area (Å²) in [5.74, 6) is -1.91. The Labute approximate surface area is 277 Å². The van der Waals surface area contributed by atoms with Crippen molar-refractivity contribution in [3.8, 4) is 0 Å². The van der Waals surface area contributed by atoms with Crippen LogP contribution in [-0.4, -0.2) is 31.9 Å². The van der Waals surface area contributed by atoms with Gasteiger partial charge in [0.05, 0.1) is 36.2 Å². The van der Waals surface area contributed by atoms with Gasteiger partial charge in [-0.2, -0.15) is 0 Å². The summed E-state index contributed by atoms with van der Waals surface area (Å²) in [5.41, 5.74) is 2.99. The third-order valence-electron chi connectivity index (χ3n) is 12.7. The fourth-order valence-corrected chi connectivity index (χ4v) is 11.5. The van der Waals surface area contributed by atoms with E-state index < -0.39 is 22.8 Å². The lowest BCUT2D eigenvalue weighted by atomic mass is 9.35. The third-order valence-corrected chi connectivity index (χ3v) is 12.7. The fourth-order valence-electron chi connectivity index (χ4n) is 11.5. The van der Waals surface area contributed by atoms with E-state index in [4.69, 9.17) is 9.47 Å². The van der Waals surface area contributed by atoms with E-state index in [0.717, 1.165) is 43.8 Å². The maximum absolute atomic E-state index is 16.3. The molecule has 48 heavy (non-hydrogen) atoms. The molecule has 0 aliphatic heterocycles. The maximum atomic E-state index is 16.3. The van der Waals surface area contributed by atoms with Crippen molar-refractivity contribution in [3.63, 3.8) is 0 Å². The zero-order valence-electron chi connectivity index (χ0n) is 26.6. The number of allylic oxidation sites excluding steroid dienone is 2. The van der Waals surface area contributed by atoms with Gasteiger partial charge in [-0.1, -0.05) is 121 Å². The van der Waals surface area contributed by atoms with Crippen LogP contribution in [0.1, 0.15) is 22.3 Å². The third kappa shape index (κ3) is 2.86. The van der Waals surface area contributed by atoms with E-state index in [1.54, 1.807) is 0 Å². The quantitative estimate of drug-likeness (QED) is 0.121. The second-order valence-electron chi connectivity index (χ2n) is 14.0. The molecule has 2 saturated carbocycles. The molecule has 8 atom stereocenters. The molecule has 0 radical (unpaired) electrons. The van der Waals surface area contributed by atoms with Crippen molar-refractivity contribution in [3.05, 3.63) is 155 Å². The van der Waals surface area contributed by atoms with Gasteiger partial charge < -0.3 is 9.47 Å². The molecule has 6 aliphatic carbocycles. The molecule has 5 heteroatoms. The van der Waals surface area contributed by atoms with E-state index in [-0.39, 0.29) is 41.3 Å². The Kier molecular flexibility index (Phi) is 5.45. The Balaban J connectivity index is 1.39. The summed E-state index contributed by atoms with van der Waals surface area (Å²) in [4.78, 5) is 43.4.